The molecule has 0 saturated carbocycles. The number of hydrogen-bond donors (Lipinski definition) is 0. The molecule has 0 amide bonds. The van der Waals surface area contributed by atoms with Crippen LogP contribution in [-0.2, 0) is 0 Å². The zero-order valence-electron chi connectivity index (χ0n) is 13.8. The van der Waals surface area contributed by atoms with E-state index in [1.165, 1.54) is 36.4 Å². The second-order valence-corrected chi connectivity index (χ2v) is 5.82. The number of carbonyl (C=O) groups is 3. The second-order valence-electron chi connectivity index (χ2n) is 5.82. The average Bonchev–Trinajstić information content (AvgIpc) is 2.67. The summed E-state index contributed by atoms with van der Waals surface area (Å²) in [5.74, 6) is -3.98. The van der Waals surface area contributed by atoms with Crippen LogP contribution in [0, 0.1) is 0 Å². The lowest BCUT2D eigenvalue weighted by molar-refractivity contribution is -0.256. The molecule has 0 unspecified atom stereocenters. The smallest absolute Gasteiger partial charge is 0.0715 e. The first-order chi connectivity index (χ1) is 12.8. The van der Waals surface area contributed by atoms with Gasteiger partial charge in [0.2, 0.25) is 0 Å². The SMILES string of the molecule is O=C([O-])c1ccc(-c2cc(C(=O)[O-])cc(-c3ccc(C(=O)[O-])cc3)c2)cc1. The molecule has 0 heterocycles. The first-order valence-corrected chi connectivity index (χ1v) is 7.85. The maximum atomic E-state index is 11.4. The Labute approximate surface area is 154 Å². The fraction of sp³-hybridized carbons (Fsp3) is 0. The summed E-state index contributed by atoms with van der Waals surface area (Å²) in [5, 5.41) is 33.1. The fourth-order valence-electron chi connectivity index (χ4n) is 2.68. The van der Waals surface area contributed by atoms with Crippen LogP contribution in [-0.4, -0.2) is 17.9 Å². The summed E-state index contributed by atoms with van der Waals surface area (Å²) >= 11 is 0. The highest BCUT2D eigenvalue weighted by Crippen LogP contribution is 2.29. The molecule has 27 heavy (non-hydrogen) atoms. The maximum Gasteiger partial charge on any atom is 0.0715 e. The van der Waals surface area contributed by atoms with E-state index in [-0.39, 0.29) is 16.7 Å². The van der Waals surface area contributed by atoms with Gasteiger partial charge < -0.3 is 29.7 Å². The summed E-state index contributed by atoms with van der Waals surface area (Å²) in [6, 6.07) is 16.2. The van der Waals surface area contributed by atoms with Crippen LogP contribution in [0.15, 0.2) is 66.7 Å². The van der Waals surface area contributed by atoms with Crippen LogP contribution >= 0.6 is 0 Å². The van der Waals surface area contributed by atoms with Gasteiger partial charge in [-0.05, 0) is 57.1 Å². The first-order valence-electron chi connectivity index (χ1n) is 7.85. The summed E-state index contributed by atoms with van der Waals surface area (Å²) in [7, 11) is 0. The Kier molecular flexibility index (Phi) is 4.72. The molecule has 0 spiro atoms. The van der Waals surface area contributed by atoms with Crippen LogP contribution in [0.5, 0.6) is 0 Å². The van der Waals surface area contributed by atoms with Gasteiger partial charge in [0.1, 0.15) is 0 Å². The Morgan fingerprint density at radius 3 is 1.07 bits per heavy atom. The van der Waals surface area contributed by atoms with Crippen molar-refractivity contribution in [1.82, 2.24) is 0 Å². The third-order valence-corrected chi connectivity index (χ3v) is 4.08. The molecule has 0 aliphatic carbocycles. The monoisotopic (exact) mass is 359 g/mol. The molecular weight excluding hydrogens is 348 g/mol. The standard InChI is InChI=1S/C21H14O6/c22-19(23)14-5-1-12(2-6-14)16-9-17(11-18(10-16)21(26)27)13-3-7-15(8-4-13)20(24)25/h1-11H,(H,22,23)(H,24,25)(H,26,27)/p-3. The second kappa shape index (κ2) is 7.13. The Hall–Kier alpha value is -3.93. The van der Waals surface area contributed by atoms with Gasteiger partial charge in [-0.2, -0.15) is 0 Å². The number of carbonyl (C=O) groups excluding carboxylic acids is 3. The molecule has 3 rings (SSSR count). The molecule has 0 bridgehead atoms. The van der Waals surface area contributed by atoms with Crippen molar-refractivity contribution < 1.29 is 29.7 Å². The van der Waals surface area contributed by atoms with Crippen molar-refractivity contribution in [2.75, 3.05) is 0 Å². The Morgan fingerprint density at radius 1 is 0.444 bits per heavy atom. The van der Waals surface area contributed by atoms with E-state index < -0.39 is 17.9 Å². The van der Waals surface area contributed by atoms with E-state index in [2.05, 4.69) is 0 Å². The summed E-state index contributed by atoms with van der Waals surface area (Å²) in [4.78, 5) is 33.1. The molecule has 0 aliphatic heterocycles. The normalized spacial score (nSPS) is 10.4. The van der Waals surface area contributed by atoms with Crippen LogP contribution in [0.2, 0.25) is 0 Å². The van der Waals surface area contributed by atoms with Crippen molar-refractivity contribution in [2.24, 2.45) is 0 Å². The zero-order valence-corrected chi connectivity index (χ0v) is 13.8. The van der Waals surface area contributed by atoms with Crippen LogP contribution < -0.4 is 15.3 Å². The number of carboxylic acid groups (broad SMARTS) is 3. The van der Waals surface area contributed by atoms with Crippen LogP contribution in [0.3, 0.4) is 0 Å². The highest BCUT2D eigenvalue weighted by atomic mass is 16.4. The lowest BCUT2D eigenvalue weighted by Crippen LogP contribution is -2.22. The highest BCUT2D eigenvalue weighted by Gasteiger charge is 2.07. The zero-order chi connectivity index (χ0) is 19.6. The molecule has 6 nitrogen and oxygen atoms in total. The van der Waals surface area contributed by atoms with E-state index in [9.17, 15) is 29.7 Å². The van der Waals surface area contributed by atoms with Gasteiger partial charge in [0, 0.05) is 0 Å². The summed E-state index contributed by atoms with van der Waals surface area (Å²) in [5.41, 5.74) is 2.25. The predicted molar refractivity (Wildman–Crippen MR) is 90.3 cm³/mol. The van der Waals surface area contributed by atoms with Crippen molar-refractivity contribution >= 4 is 17.9 Å². The van der Waals surface area contributed by atoms with E-state index in [1.54, 1.807) is 30.3 Å². The molecule has 0 atom stereocenters. The summed E-state index contributed by atoms with van der Waals surface area (Å²) in [6.45, 7) is 0. The topological polar surface area (TPSA) is 120 Å². The van der Waals surface area contributed by atoms with Gasteiger partial charge in [0.05, 0.1) is 17.9 Å². The Morgan fingerprint density at radius 2 is 0.778 bits per heavy atom. The van der Waals surface area contributed by atoms with Gasteiger partial charge in [-0.1, -0.05) is 48.5 Å². The van der Waals surface area contributed by atoms with Gasteiger partial charge in [-0.3, -0.25) is 0 Å². The molecule has 0 aliphatic rings. The molecule has 3 aromatic carbocycles. The Bertz CT molecular complexity index is 958. The highest BCUT2D eigenvalue weighted by molar-refractivity contribution is 5.92. The molecule has 0 N–H and O–H groups in total. The molecule has 6 heteroatoms. The number of aromatic carboxylic acids is 3. The minimum absolute atomic E-state index is 0.00731. The van der Waals surface area contributed by atoms with Crippen LogP contribution in [0.25, 0.3) is 22.3 Å². The van der Waals surface area contributed by atoms with E-state index in [1.807, 2.05) is 0 Å². The number of carboxylic acids is 3. The third-order valence-electron chi connectivity index (χ3n) is 4.08. The van der Waals surface area contributed by atoms with Crippen molar-refractivity contribution in [2.45, 2.75) is 0 Å². The minimum Gasteiger partial charge on any atom is -0.545 e. The predicted octanol–water partition coefficient (Wildman–Crippen LogP) is 0.111. The molecule has 0 fully saturated rings. The molecule has 134 valence electrons. The fourth-order valence-corrected chi connectivity index (χ4v) is 2.68. The Balaban J connectivity index is 2.08. The average molecular weight is 359 g/mol. The van der Waals surface area contributed by atoms with Gasteiger partial charge >= 0.3 is 0 Å². The van der Waals surface area contributed by atoms with Gasteiger partial charge in [0.15, 0.2) is 0 Å². The lowest BCUT2D eigenvalue weighted by atomic mass is 9.95. The van der Waals surface area contributed by atoms with E-state index in [0.29, 0.717) is 22.3 Å². The molecule has 0 aromatic heterocycles. The lowest BCUT2D eigenvalue weighted by Gasteiger charge is -2.12. The number of hydrogen-bond acceptors (Lipinski definition) is 6. The first kappa shape index (κ1) is 17.9. The molecule has 0 saturated heterocycles. The summed E-state index contributed by atoms with van der Waals surface area (Å²) in [6.07, 6.45) is 0. The van der Waals surface area contributed by atoms with Gasteiger partial charge in [-0.25, -0.2) is 0 Å². The number of benzene rings is 3. The molecule has 0 radical (unpaired) electrons. The van der Waals surface area contributed by atoms with Gasteiger partial charge in [0.25, 0.3) is 0 Å². The van der Waals surface area contributed by atoms with E-state index in [4.69, 9.17) is 0 Å². The van der Waals surface area contributed by atoms with Crippen LogP contribution in [0.4, 0.5) is 0 Å². The quantitative estimate of drug-likeness (QED) is 0.638. The van der Waals surface area contributed by atoms with Crippen molar-refractivity contribution in [3.63, 3.8) is 0 Å². The van der Waals surface area contributed by atoms with Gasteiger partial charge in [-0.15, -0.1) is 0 Å². The van der Waals surface area contributed by atoms with E-state index in [0.717, 1.165) is 0 Å². The van der Waals surface area contributed by atoms with Crippen molar-refractivity contribution in [3.8, 4) is 22.3 Å². The third kappa shape index (κ3) is 3.85. The van der Waals surface area contributed by atoms with Crippen molar-refractivity contribution in [3.05, 3.63) is 83.4 Å². The molecule has 3 aromatic rings. The van der Waals surface area contributed by atoms with Crippen molar-refractivity contribution in [1.29, 1.82) is 0 Å². The number of rotatable bonds is 5. The maximum absolute atomic E-state index is 11.4. The largest absolute Gasteiger partial charge is 0.545 e. The minimum atomic E-state index is -1.36. The van der Waals surface area contributed by atoms with E-state index >= 15 is 0 Å². The molecular formula is C21H11O6-3. The summed E-state index contributed by atoms with van der Waals surface area (Å²) < 4.78 is 0. The van der Waals surface area contributed by atoms with Crippen LogP contribution in [0.1, 0.15) is 31.1 Å².